The molecule has 4 aromatic rings. The predicted molar refractivity (Wildman–Crippen MR) is 126 cm³/mol. The minimum atomic E-state index is -0.833. The molecule has 0 aliphatic rings. The highest BCUT2D eigenvalue weighted by atomic mass is 16.6. The van der Waals surface area contributed by atoms with Crippen molar-refractivity contribution < 1.29 is 14.8 Å². The van der Waals surface area contributed by atoms with Gasteiger partial charge in [0.2, 0.25) is 0 Å². The number of carboxylic acid groups (broad SMARTS) is 1. The smallest absolute Gasteiger partial charge is 0.300 e. The molecule has 0 fully saturated rings. The average molecular weight is 451 g/mol. The van der Waals surface area contributed by atoms with Crippen LogP contribution in [-0.2, 0) is 11.3 Å². The Balaban J connectivity index is 0.000000709. The lowest BCUT2D eigenvalue weighted by Crippen LogP contribution is -2.11. The topological polar surface area (TPSA) is 157 Å². The fraction of sp³-hybridized carbons (Fsp3) is 0.261. The van der Waals surface area contributed by atoms with Crippen LogP contribution in [0.1, 0.15) is 24.5 Å². The molecule has 0 aliphatic heterocycles. The van der Waals surface area contributed by atoms with Gasteiger partial charge in [-0.15, -0.1) is 0 Å². The van der Waals surface area contributed by atoms with Crippen LogP contribution in [0.25, 0.3) is 33.2 Å². The second-order valence-electron chi connectivity index (χ2n) is 7.72. The second-order valence-corrected chi connectivity index (χ2v) is 7.72. The highest BCUT2D eigenvalue weighted by Gasteiger charge is 2.18. The van der Waals surface area contributed by atoms with E-state index in [0.29, 0.717) is 47.3 Å². The molecular weight excluding hydrogens is 426 g/mol. The number of non-ortho nitro benzene ring substituents is 1. The zero-order valence-electron chi connectivity index (χ0n) is 18.6. The zero-order valence-corrected chi connectivity index (χ0v) is 18.6. The number of hydrogen-bond donors (Lipinski definition) is 3. The summed E-state index contributed by atoms with van der Waals surface area (Å²) < 4.78 is 1.90. The van der Waals surface area contributed by atoms with Crippen molar-refractivity contribution in [1.29, 1.82) is 0 Å². The van der Waals surface area contributed by atoms with E-state index in [1.54, 1.807) is 6.07 Å². The van der Waals surface area contributed by atoms with Crippen molar-refractivity contribution in [3.05, 3.63) is 68.1 Å². The number of carbonyl (C=O) groups is 1. The first kappa shape index (κ1) is 23.6. The Kier molecular flexibility index (Phi) is 6.88. The maximum atomic E-state index is 12.8. The summed E-state index contributed by atoms with van der Waals surface area (Å²) >= 11 is 0. The Morgan fingerprint density at radius 3 is 2.55 bits per heavy atom. The number of nitro groups is 1. The quantitative estimate of drug-likeness (QED) is 0.309. The second kappa shape index (κ2) is 9.61. The van der Waals surface area contributed by atoms with Gasteiger partial charge >= 0.3 is 0 Å². The van der Waals surface area contributed by atoms with E-state index < -0.39 is 10.9 Å². The molecular formula is C23H25N5O5. The molecule has 0 bridgehead atoms. The van der Waals surface area contributed by atoms with Gasteiger partial charge in [0.1, 0.15) is 5.69 Å². The van der Waals surface area contributed by atoms with Crippen molar-refractivity contribution >= 4 is 33.6 Å². The number of rotatable bonds is 5. The summed E-state index contributed by atoms with van der Waals surface area (Å²) in [5.74, 6) is -0.833. The molecule has 0 unspecified atom stereocenters. The number of aromatic amines is 1. The van der Waals surface area contributed by atoms with E-state index in [-0.39, 0.29) is 11.2 Å². The largest absolute Gasteiger partial charge is 0.481 e. The first-order valence-electron chi connectivity index (χ1n) is 10.3. The van der Waals surface area contributed by atoms with Crippen LogP contribution in [-0.4, -0.2) is 37.1 Å². The molecule has 0 aliphatic carbocycles. The Hall–Kier alpha value is -4.05. The third kappa shape index (κ3) is 5.07. The normalized spacial score (nSPS) is 10.8. The molecule has 2 aromatic heterocycles. The maximum absolute atomic E-state index is 12.8. The first-order chi connectivity index (χ1) is 15.6. The Morgan fingerprint density at radius 1 is 1.24 bits per heavy atom. The van der Waals surface area contributed by atoms with Crippen LogP contribution < -0.4 is 11.3 Å². The van der Waals surface area contributed by atoms with E-state index >= 15 is 0 Å². The monoisotopic (exact) mass is 451 g/mol. The summed E-state index contributed by atoms with van der Waals surface area (Å²) in [6, 6.07) is 8.51. The third-order valence-corrected chi connectivity index (χ3v) is 5.24. The van der Waals surface area contributed by atoms with Crippen molar-refractivity contribution in [3.8, 4) is 11.3 Å². The number of aromatic nitrogens is 3. The van der Waals surface area contributed by atoms with Crippen LogP contribution in [0.3, 0.4) is 0 Å². The van der Waals surface area contributed by atoms with E-state index in [1.807, 2.05) is 36.7 Å². The van der Waals surface area contributed by atoms with Gasteiger partial charge < -0.3 is 20.4 Å². The molecule has 0 spiro atoms. The molecule has 4 N–H and O–H groups in total. The van der Waals surface area contributed by atoms with Gasteiger partial charge in [-0.3, -0.25) is 19.7 Å². The molecule has 4 rings (SSSR count). The number of aliphatic carboxylic acids is 1. The van der Waals surface area contributed by atoms with Crippen molar-refractivity contribution in [2.45, 2.75) is 33.7 Å². The van der Waals surface area contributed by atoms with Gasteiger partial charge in [-0.05, 0) is 56.1 Å². The number of nitrogens with one attached hydrogen (secondary N) is 1. The van der Waals surface area contributed by atoms with Gasteiger partial charge in [0.05, 0.1) is 21.5 Å². The number of H-pyrrole nitrogens is 1. The lowest BCUT2D eigenvalue weighted by molar-refractivity contribution is -0.384. The van der Waals surface area contributed by atoms with E-state index in [9.17, 15) is 14.9 Å². The van der Waals surface area contributed by atoms with Crippen molar-refractivity contribution in [1.82, 2.24) is 14.5 Å². The predicted octanol–water partition coefficient (Wildman–Crippen LogP) is 3.51. The summed E-state index contributed by atoms with van der Waals surface area (Å²) in [5, 5.41) is 19.4. The number of fused-ring (bicyclic) bond motifs is 2. The number of aryl methyl sites for hydroxylation is 3. The molecule has 10 heteroatoms. The van der Waals surface area contributed by atoms with Crippen molar-refractivity contribution in [2.75, 3.05) is 6.54 Å². The molecule has 0 radical (unpaired) electrons. The molecule has 10 nitrogen and oxygen atoms in total. The van der Waals surface area contributed by atoms with Crippen molar-refractivity contribution in [2.24, 2.45) is 5.73 Å². The Bertz CT molecular complexity index is 1420. The molecule has 2 heterocycles. The average Bonchev–Trinajstić information content (AvgIpc) is 3.10. The van der Waals surface area contributed by atoms with Crippen LogP contribution in [0.15, 0.2) is 41.3 Å². The summed E-state index contributed by atoms with van der Waals surface area (Å²) in [7, 11) is 0. The van der Waals surface area contributed by atoms with Crippen LogP contribution >= 0.6 is 0 Å². The van der Waals surface area contributed by atoms with Crippen LogP contribution in [0.5, 0.6) is 0 Å². The van der Waals surface area contributed by atoms with Gasteiger partial charge in [-0.2, -0.15) is 0 Å². The minimum Gasteiger partial charge on any atom is -0.481 e. The number of nitro benzene ring substituents is 1. The lowest BCUT2D eigenvalue weighted by atomic mass is 10.1. The molecule has 172 valence electrons. The number of nitrogens with two attached hydrogens (primary N) is 1. The van der Waals surface area contributed by atoms with Gasteiger partial charge in [0.25, 0.3) is 17.2 Å². The highest BCUT2D eigenvalue weighted by Crippen LogP contribution is 2.31. The number of carboxylic acids is 1. The Labute approximate surface area is 188 Å². The van der Waals surface area contributed by atoms with Crippen LogP contribution in [0.2, 0.25) is 0 Å². The molecule has 0 amide bonds. The summed E-state index contributed by atoms with van der Waals surface area (Å²) in [6.07, 6.45) is 2.54. The number of benzene rings is 2. The molecule has 33 heavy (non-hydrogen) atoms. The van der Waals surface area contributed by atoms with Gasteiger partial charge in [0, 0.05) is 42.7 Å². The molecule has 0 atom stereocenters. The zero-order chi connectivity index (χ0) is 24.3. The standard InChI is InChI=1S/C21H21N5O3.C2H4O2/c1-12-8-17-18(9-13(12)2)24-21(27)20(23-17)16-11-25(7-3-6-22)19-10-14(26(28)29)4-5-15(16)19;1-2(3)4/h4-5,8-11H,3,6-7,22H2,1-2H3,(H,24,27);1H3,(H,3,4). The fourth-order valence-corrected chi connectivity index (χ4v) is 3.56. The van der Waals surface area contributed by atoms with Gasteiger partial charge in [-0.1, -0.05) is 0 Å². The van der Waals surface area contributed by atoms with E-state index in [0.717, 1.165) is 23.4 Å². The summed E-state index contributed by atoms with van der Waals surface area (Å²) in [6.45, 7) is 6.16. The molecule has 2 aromatic carbocycles. The lowest BCUT2D eigenvalue weighted by Gasteiger charge is -2.05. The minimum absolute atomic E-state index is 0.00243. The maximum Gasteiger partial charge on any atom is 0.300 e. The third-order valence-electron chi connectivity index (χ3n) is 5.24. The molecule has 0 saturated heterocycles. The van der Waals surface area contributed by atoms with Gasteiger partial charge in [-0.25, -0.2) is 4.98 Å². The SMILES string of the molecule is CC(=O)O.Cc1cc2nc(-c3cn(CCCN)c4cc([N+](=O)[O-])ccc34)c(=O)[nH]c2cc1C. The van der Waals surface area contributed by atoms with Crippen LogP contribution in [0.4, 0.5) is 5.69 Å². The van der Waals surface area contributed by atoms with Crippen LogP contribution in [0, 0.1) is 24.0 Å². The fourth-order valence-electron chi connectivity index (χ4n) is 3.56. The highest BCUT2D eigenvalue weighted by molar-refractivity contribution is 5.97. The number of hydrogen-bond acceptors (Lipinski definition) is 6. The summed E-state index contributed by atoms with van der Waals surface area (Å²) in [4.78, 5) is 40.2. The van der Waals surface area contributed by atoms with Crippen molar-refractivity contribution in [3.63, 3.8) is 0 Å². The summed E-state index contributed by atoms with van der Waals surface area (Å²) in [5.41, 5.74) is 10.5. The number of nitrogens with zero attached hydrogens (tertiary/aromatic N) is 3. The van der Waals surface area contributed by atoms with Gasteiger partial charge in [0.15, 0.2) is 0 Å². The van der Waals surface area contributed by atoms with E-state index in [2.05, 4.69) is 9.97 Å². The Morgan fingerprint density at radius 2 is 1.91 bits per heavy atom. The van der Waals surface area contributed by atoms with E-state index in [4.69, 9.17) is 15.6 Å². The van der Waals surface area contributed by atoms with E-state index in [1.165, 1.54) is 12.1 Å². The first-order valence-corrected chi connectivity index (χ1v) is 10.3. The molecule has 0 saturated carbocycles.